The summed E-state index contributed by atoms with van der Waals surface area (Å²) in [4.78, 5) is 25.6. The molecule has 1 saturated heterocycles. The van der Waals surface area contributed by atoms with Crippen LogP contribution in [0.3, 0.4) is 0 Å². The highest BCUT2D eigenvalue weighted by atomic mass is 16.6. The number of carbonyl (C=O) groups is 1. The van der Waals surface area contributed by atoms with Gasteiger partial charge in [-0.2, -0.15) is 0 Å². The minimum atomic E-state index is -0.334. The Bertz CT molecular complexity index is 655. The SMILES string of the molecule is CC1CCCC(NC(=O)C2CCN(c3ccccc3[N+](=O)[O-])CC2)C1C. The fraction of sp³-hybridized carbons (Fsp3) is 0.650. The Morgan fingerprint density at radius 3 is 2.54 bits per heavy atom. The lowest BCUT2D eigenvalue weighted by molar-refractivity contribution is -0.384. The van der Waals surface area contributed by atoms with Gasteiger partial charge in [0.25, 0.3) is 5.69 Å². The molecule has 1 amide bonds. The van der Waals surface area contributed by atoms with Crippen molar-refractivity contribution in [3.8, 4) is 0 Å². The average Bonchev–Trinajstić information content (AvgIpc) is 2.65. The van der Waals surface area contributed by atoms with Crippen molar-refractivity contribution in [1.29, 1.82) is 0 Å². The van der Waals surface area contributed by atoms with E-state index in [9.17, 15) is 14.9 Å². The third kappa shape index (κ3) is 4.00. The number of hydrogen-bond acceptors (Lipinski definition) is 4. The van der Waals surface area contributed by atoms with E-state index in [-0.39, 0.29) is 22.4 Å². The van der Waals surface area contributed by atoms with E-state index >= 15 is 0 Å². The fourth-order valence-corrected chi connectivity index (χ4v) is 4.35. The van der Waals surface area contributed by atoms with Crippen LogP contribution in [0.5, 0.6) is 0 Å². The first kappa shape index (κ1) is 18.7. The lowest BCUT2D eigenvalue weighted by atomic mass is 9.78. The highest BCUT2D eigenvalue weighted by Gasteiger charge is 2.32. The maximum absolute atomic E-state index is 12.7. The number of anilines is 1. The van der Waals surface area contributed by atoms with E-state index in [4.69, 9.17) is 0 Å². The van der Waals surface area contributed by atoms with E-state index in [2.05, 4.69) is 19.2 Å². The highest BCUT2D eigenvalue weighted by molar-refractivity contribution is 5.79. The summed E-state index contributed by atoms with van der Waals surface area (Å²) >= 11 is 0. The van der Waals surface area contributed by atoms with Crippen LogP contribution in [0.4, 0.5) is 11.4 Å². The van der Waals surface area contributed by atoms with Gasteiger partial charge in [-0.1, -0.05) is 38.8 Å². The summed E-state index contributed by atoms with van der Waals surface area (Å²) in [6.45, 7) is 5.87. The molecule has 1 aliphatic carbocycles. The summed E-state index contributed by atoms with van der Waals surface area (Å²) in [6, 6.07) is 7.14. The predicted molar refractivity (Wildman–Crippen MR) is 102 cm³/mol. The van der Waals surface area contributed by atoms with Crippen molar-refractivity contribution in [3.05, 3.63) is 34.4 Å². The molecule has 1 heterocycles. The predicted octanol–water partition coefficient (Wildman–Crippen LogP) is 3.75. The van der Waals surface area contributed by atoms with E-state index in [1.165, 1.54) is 12.8 Å². The summed E-state index contributed by atoms with van der Waals surface area (Å²) < 4.78 is 0. The van der Waals surface area contributed by atoms with Crippen LogP contribution in [0.25, 0.3) is 0 Å². The van der Waals surface area contributed by atoms with Gasteiger partial charge in [-0.15, -0.1) is 0 Å². The van der Waals surface area contributed by atoms with Crippen molar-refractivity contribution < 1.29 is 9.72 Å². The quantitative estimate of drug-likeness (QED) is 0.656. The minimum absolute atomic E-state index is 0.0125. The molecule has 3 atom stereocenters. The summed E-state index contributed by atoms with van der Waals surface area (Å²) in [5, 5.41) is 14.5. The van der Waals surface area contributed by atoms with Gasteiger partial charge in [-0.3, -0.25) is 14.9 Å². The number of para-hydroxylation sites is 2. The number of nitro groups is 1. The molecule has 3 rings (SSSR count). The first-order chi connectivity index (χ1) is 12.5. The zero-order valence-electron chi connectivity index (χ0n) is 15.7. The number of carbonyl (C=O) groups excluding carboxylic acids is 1. The average molecular weight is 359 g/mol. The molecule has 2 aliphatic rings. The van der Waals surface area contributed by atoms with Crippen LogP contribution in [-0.2, 0) is 4.79 Å². The Labute approximate surface area is 155 Å². The third-order valence-corrected chi connectivity index (χ3v) is 6.32. The number of nitro benzene ring substituents is 1. The molecule has 6 heteroatoms. The van der Waals surface area contributed by atoms with E-state index in [1.807, 2.05) is 11.0 Å². The van der Waals surface area contributed by atoms with Crippen molar-refractivity contribution in [2.75, 3.05) is 18.0 Å². The van der Waals surface area contributed by atoms with Gasteiger partial charge >= 0.3 is 0 Å². The third-order valence-electron chi connectivity index (χ3n) is 6.32. The largest absolute Gasteiger partial charge is 0.366 e. The van der Waals surface area contributed by atoms with Gasteiger partial charge in [0, 0.05) is 31.1 Å². The molecule has 142 valence electrons. The Morgan fingerprint density at radius 2 is 1.85 bits per heavy atom. The number of rotatable bonds is 4. The van der Waals surface area contributed by atoms with Crippen LogP contribution in [0, 0.1) is 27.9 Å². The van der Waals surface area contributed by atoms with Crippen molar-refractivity contribution in [1.82, 2.24) is 5.32 Å². The van der Waals surface area contributed by atoms with Gasteiger partial charge in [-0.05, 0) is 37.2 Å². The number of nitrogens with zero attached hydrogens (tertiary/aromatic N) is 2. The molecule has 1 saturated carbocycles. The van der Waals surface area contributed by atoms with E-state index in [1.54, 1.807) is 18.2 Å². The number of amides is 1. The van der Waals surface area contributed by atoms with Crippen LogP contribution >= 0.6 is 0 Å². The topological polar surface area (TPSA) is 75.5 Å². The Hall–Kier alpha value is -2.11. The number of nitrogens with one attached hydrogen (secondary N) is 1. The molecular weight excluding hydrogens is 330 g/mol. The van der Waals surface area contributed by atoms with E-state index < -0.39 is 0 Å². The van der Waals surface area contributed by atoms with Crippen molar-refractivity contribution in [2.24, 2.45) is 17.8 Å². The number of benzene rings is 1. The summed E-state index contributed by atoms with van der Waals surface area (Å²) in [6.07, 6.45) is 5.00. The molecule has 2 fully saturated rings. The number of piperidine rings is 1. The van der Waals surface area contributed by atoms with Gasteiger partial charge in [0.15, 0.2) is 0 Å². The van der Waals surface area contributed by atoms with Crippen LogP contribution < -0.4 is 10.2 Å². The Kier molecular flexibility index (Phi) is 5.79. The Balaban J connectivity index is 1.57. The van der Waals surface area contributed by atoms with Crippen molar-refractivity contribution >= 4 is 17.3 Å². The summed E-state index contributed by atoms with van der Waals surface area (Å²) in [5.74, 6) is 1.37. The smallest absolute Gasteiger partial charge is 0.292 e. The van der Waals surface area contributed by atoms with Gasteiger partial charge in [0.1, 0.15) is 5.69 Å². The zero-order valence-corrected chi connectivity index (χ0v) is 15.7. The molecule has 26 heavy (non-hydrogen) atoms. The van der Waals surface area contributed by atoms with Gasteiger partial charge < -0.3 is 10.2 Å². The normalized spacial score (nSPS) is 27.2. The summed E-state index contributed by atoms with van der Waals surface area (Å²) in [7, 11) is 0. The first-order valence-corrected chi connectivity index (χ1v) is 9.76. The van der Waals surface area contributed by atoms with E-state index in [0.717, 1.165) is 19.3 Å². The fourth-order valence-electron chi connectivity index (χ4n) is 4.35. The second-order valence-electron chi connectivity index (χ2n) is 7.89. The van der Waals surface area contributed by atoms with Crippen LogP contribution in [0.15, 0.2) is 24.3 Å². The van der Waals surface area contributed by atoms with Crippen molar-refractivity contribution in [3.63, 3.8) is 0 Å². The van der Waals surface area contributed by atoms with E-state index in [0.29, 0.717) is 36.7 Å². The van der Waals surface area contributed by atoms with Crippen LogP contribution in [0.1, 0.15) is 46.0 Å². The first-order valence-electron chi connectivity index (χ1n) is 9.76. The molecule has 1 aromatic carbocycles. The maximum Gasteiger partial charge on any atom is 0.292 e. The van der Waals surface area contributed by atoms with Gasteiger partial charge in [0.2, 0.25) is 5.91 Å². The molecule has 1 aromatic rings. The molecule has 0 radical (unpaired) electrons. The standard InChI is InChI=1S/C20H29N3O3/c1-14-6-5-7-17(15(14)2)21-20(24)16-10-12-22(13-11-16)18-8-3-4-9-19(18)23(25)26/h3-4,8-9,14-17H,5-7,10-13H2,1-2H3,(H,21,24). The second-order valence-corrected chi connectivity index (χ2v) is 7.89. The molecule has 1 aliphatic heterocycles. The zero-order chi connectivity index (χ0) is 18.7. The van der Waals surface area contributed by atoms with Crippen molar-refractivity contribution in [2.45, 2.75) is 52.0 Å². The molecule has 3 unspecified atom stereocenters. The Morgan fingerprint density at radius 1 is 1.15 bits per heavy atom. The maximum atomic E-state index is 12.7. The summed E-state index contributed by atoms with van der Waals surface area (Å²) in [5.41, 5.74) is 0.798. The molecule has 0 bridgehead atoms. The monoisotopic (exact) mass is 359 g/mol. The van der Waals surface area contributed by atoms with Gasteiger partial charge in [0.05, 0.1) is 4.92 Å². The van der Waals surface area contributed by atoms with Gasteiger partial charge in [-0.25, -0.2) is 0 Å². The lowest BCUT2D eigenvalue weighted by Gasteiger charge is -2.37. The molecule has 0 aromatic heterocycles. The lowest BCUT2D eigenvalue weighted by Crippen LogP contribution is -2.48. The molecule has 6 nitrogen and oxygen atoms in total. The molecule has 1 N–H and O–H groups in total. The minimum Gasteiger partial charge on any atom is -0.366 e. The molecular formula is C20H29N3O3. The second kappa shape index (κ2) is 8.06. The number of hydrogen-bond donors (Lipinski definition) is 1. The molecule has 0 spiro atoms. The highest BCUT2D eigenvalue weighted by Crippen LogP contribution is 2.32. The van der Waals surface area contributed by atoms with Crippen LogP contribution in [-0.4, -0.2) is 30.0 Å². The van der Waals surface area contributed by atoms with Crippen LogP contribution in [0.2, 0.25) is 0 Å².